The van der Waals surface area contributed by atoms with Crippen LogP contribution in [0.25, 0.3) is 0 Å². The average molecular weight is 821 g/mol. The van der Waals surface area contributed by atoms with E-state index in [1.807, 2.05) is 24.3 Å². The van der Waals surface area contributed by atoms with E-state index in [1.54, 1.807) is 98.1 Å². The Hall–Kier alpha value is -5.38. The summed E-state index contributed by atoms with van der Waals surface area (Å²) in [6, 6.07) is 21.3. The first-order chi connectivity index (χ1) is 22.2. The molecule has 23 heteroatoms. The van der Waals surface area contributed by atoms with Crippen LogP contribution in [0.4, 0.5) is 26.3 Å². The molecule has 0 saturated carbocycles. The van der Waals surface area contributed by atoms with Gasteiger partial charge in [-0.2, -0.15) is 47.4 Å². The minimum Gasteiger partial charge on any atom is -0.741 e. The van der Waals surface area contributed by atoms with E-state index in [0.717, 1.165) is 0 Å². The van der Waals surface area contributed by atoms with E-state index in [-0.39, 0.29) is 20.4 Å². The zero-order valence-electron chi connectivity index (χ0n) is 23.7. The van der Waals surface area contributed by atoms with E-state index in [0.29, 0.717) is 22.3 Å². The molecule has 260 valence electrons. The third-order valence-electron chi connectivity index (χ3n) is 3.80. The average Bonchev–Trinajstić information content (AvgIpc) is 3.06. The smallest absolute Gasteiger partial charge is 0.741 e. The van der Waals surface area contributed by atoms with Gasteiger partial charge in [0, 0.05) is 49.6 Å². The van der Waals surface area contributed by atoms with Crippen LogP contribution in [0.3, 0.4) is 0 Å². The van der Waals surface area contributed by atoms with Crippen molar-refractivity contribution in [2.45, 2.75) is 11.0 Å². The topological polar surface area (TPSA) is 261 Å². The van der Waals surface area contributed by atoms with Gasteiger partial charge in [-0.3, -0.25) is 19.9 Å². The predicted molar refractivity (Wildman–Crippen MR) is 147 cm³/mol. The van der Waals surface area contributed by atoms with Gasteiger partial charge in [-0.1, -0.05) is 0 Å². The summed E-state index contributed by atoms with van der Waals surface area (Å²) in [5.74, 6) is 0. The molecule has 4 aromatic heterocycles. The minimum absolute atomic E-state index is 0. The summed E-state index contributed by atoms with van der Waals surface area (Å²) in [4.78, 5) is 15.0. The van der Waals surface area contributed by atoms with Gasteiger partial charge in [0.15, 0.2) is 20.2 Å². The van der Waals surface area contributed by atoms with Crippen LogP contribution in [-0.4, -0.2) is 56.9 Å². The number of alkyl halides is 6. The summed E-state index contributed by atoms with van der Waals surface area (Å²) in [6.07, 6.45) is 12.8. The van der Waals surface area contributed by atoms with Crippen molar-refractivity contribution >= 4 is 20.2 Å². The Morgan fingerprint density at radius 2 is 0.571 bits per heavy atom. The van der Waals surface area contributed by atoms with Crippen LogP contribution in [0.2, 0.25) is 0 Å². The Bertz CT molecular complexity index is 1650. The number of hydrogen-bond donors (Lipinski definition) is 0. The number of pyridine rings is 4. The molecule has 0 N–H and O–H groups in total. The van der Waals surface area contributed by atoms with Crippen molar-refractivity contribution in [2.75, 3.05) is 0 Å². The monoisotopic (exact) mass is 820 g/mol. The maximum atomic E-state index is 10.7. The Morgan fingerprint density at radius 1 is 0.449 bits per heavy atom. The first kappa shape index (κ1) is 48.0. The van der Waals surface area contributed by atoms with Crippen molar-refractivity contribution in [1.82, 2.24) is 19.9 Å². The second-order valence-corrected chi connectivity index (χ2v) is 9.93. The van der Waals surface area contributed by atoms with E-state index >= 15 is 0 Å². The van der Waals surface area contributed by atoms with E-state index in [4.69, 9.17) is 47.0 Å². The van der Waals surface area contributed by atoms with E-state index < -0.39 is 31.3 Å². The van der Waals surface area contributed by atoms with Crippen LogP contribution >= 0.6 is 0 Å². The summed E-state index contributed by atoms with van der Waals surface area (Å²) in [7, 11) is -12.2. The minimum atomic E-state index is -6.09. The SMILES string of the molecule is N#Cc1ccncc1.N#Cc1ccncc1.N#Cc1ccncc1.N#Cc1ccncc1.O=S(=O)([O-])C(F)(F)F.O=S(=O)([O-])C(F)(F)F.[Pd+2]. The molecule has 0 saturated heterocycles. The zero-order chi connectivity index (χ0) is 37.3. The fraction of sp³-hybridized carbons (Fsp3) is 0.0769. The Morgan fingerprint density at radius 3 is 0.633 bits per heavy atom. The summed E-state index contributed by atoms with van der Waals surface area (Å²) < 4.78 is 118. The van der Waals surface area contributed by atoms with Gasteiger partial charge in [-0.15, -0.1) is 0 Å². The molecule has 0 aliphatic heterocycles. The van der Waals surface area contributed by atoms with E-state index in [2.05, 4.69) is 19.9 Å². The van der Waals surface area contributed by atoms with Crippen molar-refractivity contribution in [1.29, 1.82) is 21.0 Å². The molecule has 4 aromatic rings. The van der Waals surface area contributed by atoms with Crippen LogP contribution in [0.1, 0.15) is 22.3 Å². The molecule has 0 unspecified atom stereocenters. The summed E-state index contributed by atoms with van der Waals surface area (Å²) >= 11 is 0. The van der Waals surface area contributed by atoms with Crippen LogP contribution < -0.4 is 0 Å². The van der Waals surface area contributed by atoms with Crippen molar-refractivity contribution < 1.29 is 72.7 Å². The molecule has 0 radical (unpaired) electrons. The fourth-order valence-electron chi connectivity index (χ4n) is 1.71. The molecular formula is C26H16F6N8O6PdS2. The van der Waals surface area contributed by atoms with Crippen LogP contribution in [0, 0.1) is 45.3 Å². The second-order valence-electron chi connectivity index (χ2n) is 7.19. The molecule has 0 bridgehead atoms. The number of hydrogen-bond acceptors (Lipinski definition) is 14. The molecule has 0 aliphatic rings. The Balaban J connectivity index is -0.000000516. The number of halogens is 6. The molecule has 0 aliphatic carbocycles. The molecule has 0 fully saturated rings. The summed E-state index contributed by atoms with van der Waals surface area (Å²) in [5.41, 5.74) is -8.68. The van der Waals surface area contributed by atoms with Crippen LogP contribution in [0.5, 0.6) is 0 Å². The van der Waals surface area contributed by atoms with Gasteiger partial charge >= 0.3 is 31.4 Å². The normalized spacial score (nSPS) is 9.71. The van der Waals surface area contributed by atoms with Gasteiger partial charge < -0.3 is 9.11 Å². The van der Waals surface area contributed by atoms with Crippen molar-refractivity contribution in [3.05, 3.63) is 120 Å². The fourth-order valence-corrected chi connectivity index (χ4v) is 1.71. The molecule has 14 nitrogen and oxygen atoms in total. The molecule has 49 heavy (non-hydrogen) atoms. The zero-order valence-corrected chi connectivity index (χ0v) is 26.9. The number of aromatic nitrogens is 4. The third-order valence-corrected chi connectivity index (χ3v) is 4.94. The maximum Gasteiger partial charge on any atom is 2.00 e. The Kier molecular flexibility index (Phi) is 24.3. The van der Waals surface area contributed by atoms with Gasteiger partial charge in [0.1, 0.15) is 0 Å². The predicted octanol–water partition coefficient (Wildman–Crippen LogP) is 3.91. The molecule has 4 heterocycles. The Labute approximate surface area is 288 Å². The first-order valence-electron chi connectivity index (χ1n) is 11.5. The van der Waals surface area contributed by atoms with Gasteiger partial charge in [-0.25, -0.2) is 16.8 Å². The molecule has 0 atom stereocenters. The van der Waals surface area contributed by atoms with Crippen molar-refractivity contribution in [2.24, 2.45) is 0 Å². The molecular weight excluding hydrogens is 805 g/mol. The van der Waals surface area contributed by atoms with Crippen molar-refractivity contribution in [3.8, 4) is 24.3 Å². The third kappa shape index (κ3) is 25.4. The largest absolute Gasteiger partial charge is 2.00 e. The first-order valence-corrected chi connectivity index (χ1v) is 14.3. The van der Waals surface area contributed by atoms with Crippen LogP contribution in [0.15, 0.2) is 98.1 Å². The molecule has 0 spiro atoms. The van der Waals surface area contributed by atoms with E-state index in [9.17, 15) is 26.3 Å². The quantitative estimate of drug-likeness (QED) is 0.105. The standard InChI is InChI=1S/4C6H4N2.2CHF3O3S.Pd/c4*7-5-6-1-3-8-4-2-6;2*2-1(3,4)8(5,6)7;/h4*1-4H;2*(H,5,6,7);/q;;;;;;+2/p-2. The van der Waals surface area contributed by atoms with Gasteiger partial charge in [-0.05, 0) is 48.5 Å². The molecule has 4 rings (SSSR count). The van der Waals surface area contributed by atoms with Gasteiger partial charge in [0.05, 0.1) is 46.5 Å². The number of nitriles is 4. The molecule has 0 aromatic carbocycles. The number of rotatable bonds is 0. The summed E-state index contributed by atoms with van der Waals surface area (Å²) in [6.45, 7) is 0. The summed E-state index contributed by atoms with van der Waals surface area (Å²) in [5, 5.41) is 33.0. The van der Waals surface area contributed by atoms with Crippen molar-refractivity contribution in [3.63, 3.8) is 0 Å². The second kappa shape index (κ2) is 24.7. The molecule has 0 amide bonds. The van der Waals surface area contributed by atoms with Gasteiger partial charge in [0.25, 0.3) is 0 Å². The number of nitrogens with zero attached hydrogens (tertiary/aromatic N) is 8. The van der Waals surface area contributed by atoms with E-state index in [1.165, 1.54) is 0 Å². The van der Waals surface area contributed by atoms with Crippen LogP contribution in [-0.2, 0) is 40.7 Å². The maximum absolute atomic E-state index is 10.7. The van der Waals surface area contributed by atoms with Gasteiger partial charge in [0.2, 0.25) is 0 Å².